The number of rotatable bonds is 6. The number of para-hydroxylation sites is 1. The van der Waals surface area contributed by atoms with Gasteiger partial charge in [-0.05, 0) is 42.3 Å². The van der Waals surface area contributed by atoms with Crippen LogP contribution < -0.4 is 10.1 Å². The summed E-state index contributed by atoms with van der Waals surface area (Å²) in [4.78, 5) is 21.2. The largest absolute Gasteiger partial charge is 0.497 e. The number of aromatic amines is 1. The highest BCUT2D eigenvalue weighted by Gasteiger charge is 2.14. The molecule has 0 atom stereocenters. The van der Waals surface area contributed by atoms with Crippen LogP contribution in [0.2, 0.25) is 0 Å². The number of fused-ring (bicyclic) bond motifs is 2. The number of aromatic nitrogens is 2. The number of ether oxygens (including phenoxy) is 1. The average molecular weight is 422 g/mol. The first-order valence-corrected chi connectivity index (χ1v) is 10.6. The number of carbonyl (C=O) groups is 1. The second kappa shape index (κ2) is 8.55. The van der Waals surface area contributed by atoms with E-state index in [9.17, 15) is 4.79 Å². The van der Waals surface area contributed by atoms with Gasteiger partial charge in [0.15, 0.2) is 0 Å². The van der Waals surface area contributed by atoms with E-state index in [4.69, 9.17) is 9.72 Å². The molecule has 0 saturated carbocycles. The van der Waals surface area contributed by atoms with Crippen molar-refractivity contribution in [2.45, 2.75) is 6.42 Å². The molecule has 0 fully saturated rings. The van der Waals surface area contributed by atoms with E-state index in [1.807, 2.05) is 85.1 Å². The molecule has 1 amide bonds. The molecule has 0 bridgehead atoms. The molecule has 0 aliphatic rings. The minimum Gasteiger partial charge on any atom is -0.497 e. The molecule has 5 rings (SSSR count). The van der Waals surface area contributed by atoms with Crippen molar-refractivity contribution in [3.05, 3.63) is 96.2 Å². The monoisotopic (exact) mass is 421 g/mol. The number of nitrogens with zero attached hydrogens (tertiary/aromatic N) is 1. The Kier molecular flexibility index (Phi) is 5.30. The predicted octanol–water partition coefficient (Wildman–Crippen LogP) is 5.36. The van der Waals surface area contributed by atoms with Crippen molar-refractivity contribution in [3.63, 3.8) is 0 Å². The van der Waals surface area contributed by atoms with Gasteiger partial charge in [0.1, 0.15) is 5.75 Å². The summed E-state index contributed by atoms with van der Waals surface area (Å²) >= 11 is 0. The molecule has 5 nitrogen and oxygen atoms in total. The van der Waals surface area contributed by atoms with Crippen molar-refractivity contribution < 1.29 is 9.53 Å². The molecule has 2 aromatic heterocycles. The Morgan fingerprint density at radius 2 is 1.78 bits per heavy atom. The molecule has 0 aliphatic heterocycles. The Bertz CT molecular complexity index is 1410. The van der Waals surface area contributed by atoms with E-state index in [1.54, 1.807) is 7.11 Å². The Morgan fingerprint density at radius 1 is 0.969 bits per heavy atom. The zero-order chi connectivity index (χ0) is 21.9. The van der Waals surface area contributed by atoms with Crippen LogP contribution in [-0.2, 0) is 6.42 Å². The summed E-state index contributed by atoms with van der Waals surface area (Å²) < 4.78 is 5.35. The molecular formula is C27H23N3O2. The molecule has 5 heteroatoms. The molecule has 0 aliphatic carbocycles. The number of methoxy groups -OCH3 is 1. The molecule has 2 N–H and O–H groups in total. The number of pyridine rings is 1. The van der Waals surface area contributed by atoms with Gasteiger partial charge in [-0.15, -0.1) is 0 Å². The number of hydrogen-bond donors (Lipinski definition) is 2. The highest BCUT2D eigenvalue weighted by atomic mass is 16.5. The molecule has 0 radical (unpaired) electrons. The number of benzene rings is 3. The fraction of sp³-hybridized carbons (Fsp3) is 0.111. The lowest BCUT2D eigenvalue weighted by Gasteiger charge is -2.11. The summed E-state index contributed by atoms with van der Waals surface area (Å²) in [5, 5.41) is 5.05. The Labute approximate surface area is 186 Å². The molecule has 2 heterocycles. The molecule has 0 saturated heterocycles. The van der Waals surface area contributed by atoms with Gasteiger partial charge in [0.25, 0.3) is 5.91 Å². The summed E-state index contributed by atoms with van der Waals surface area (Å²) in [6.07, 6.45) is 2.71. The summed E-state index contributed by atoms with van der Waals surface area (Å²) in [6.45, 7) is 0.528. The highest BCUT2D eigenvalue weighted by Crippen LogP contribution is 2.26. The third-order valence-corrected chi connectivity index (χ3v) is 5.68. The first kappa shape index (κ1) is 19.8. The molecule has 158 valence electrons. The molecule has 3 aromatic carbocycles. The van der Waals surface area contributed by atoms with Crippen LogP contribution in [0.25, 0.3) is 33.1 Å². The fourth-order valence-corrected chi connectivity index (χ4v) is 4.02. The maximum atomic E-state index is 13.2. The standard InChI is InChI=1S/C27H23N3O2/c1-32-20-11-12-24-22(15-20)19(17-29-24)13-14-28-27(31)23-16-26(18-7-3-2-4-8-18)30-25-10-6-5-9-21(23)25/h2-12,15-17,29H,13-14H2,1H3,(H,28,31). The Morgan fingerprint density at radius 3 is 2.62 bits per heavy atom. The topological polar surface area (TPSA) is 67.0 Å². The van der Waals surface area contributed by atoms with E-state index in [-0.39, 0.29) is 5.91 Å². The van der Waals surface area contributed by atoms with Crippen LogP contribution in [0.4, 0.5) is 0 Å². The van der Waals surface area contributed by atoms with Crippen LogP contribution in [0, 0.1) is 0 Å². The van der Waals surface area contributed by atoms with Gasteiger partial charge in [-0.1, -0.05) is 48.5 Å². The third-order valence-electron chi connectivity index (χ3n) is 5.68. The van der Waals surface area contributed by atoms with E-state index in [1.165, 1.54) is 0 Å². The quantitative estimate of drug-likeness (QED) is 0.388. The average Bonchev–Trinajstić information content (AvgIpc) is 3.25. The van der Waals surface area contributed by atoms with E-state index in [0.29, 0.717) is 18.5 Å². The zero-order valence-electron chi connectivity index (χ0n) is 17.8. The van der Waals surface area contributed by atoms with Crippen molar-refractivity contribution in [3.8, 4) is 17.0 Å². The lowest BCUT2D eigenvalue weighted by molar-refractivity contribution is 0.0956. The van der Waals surface area contributed by atoms with Crippen LogP contribution in [0.3, 0.4) is 0 Å². The van der Waals surface area contributed by atoms with Crippen LogP contribution in [0.15, 0.2) is 85.1 Å². The zero-order valence-corrected chi connectivity index (χ0v) is 17.8. The van der Waals surface area contributed by atoms with Crippen molar-refractivity contribution in [2.75, 3.05) is 13.7 Å². The number of hydrogen-bond acceptors (Lipinski definition) is 3. The van der Waals surface area contributed by atoms with E-state index in [0.717, 1.165) is 44.4 Å². The summed E-state index contributed by atoms with van der Waals surface area (Å²) in [7, 11) is 1.66. The van der Waals surface area contributed by atoms with Crippen LogP contribution in [-0.4, -0.2) is 29.5 Å². The number of carbonyl (C=O) groups excluding carboxylic acids is 1. The van der Waals surface area contributed by atoms with Crippen molar-refractivity contribution >= 4 is 27.7 Å². The first-order valence-electron chi connectivity index (χ1n) is 10.6. The second-order valence-corrected chi connectivity index (χ2v) is 7.67. The minimum absolute atomic E-state index is 0.0989. The smallest absolute Gasteiger partial charge is 0.252 e. The fourth-order valence-electron chi connectivity index (χ4n) is 4.02. The van der Waals surface area contributed by atoms with Gasteiger partial charge in [0.05, 0.1) is 23.9 Å². The summed E-state index contributed by atoms with van der Waals surface area (Å²) in [5.41, 5.74) is 5.42. The third kappa shape index (κ3) is 3.81. The number of nitrogens with one attached hydrogen (secondary N) is 2. The molecule has 0 spiro atoms. The lowest BCUT2D eigenvalue weighted by Crippen LogP contribution is -2.26. The van der Waals surface area contributed by atoms with Crippen molar-refractivity contribution in [2.24, 2.45) is 0 Å². The summed E-state index contributed by atoms with van der Waals surface area (Å²) in [5.74, 6) is 0.720. The predicted molar refractivity (Wildman–Crippen MR) is 128 cm³/mol. The highest BCUT2D eigenvalue weighted by molar-refractivity contribution is 6.07. The molecule has 32 heavy (non-hydrogen) atoms. The first-order chi connectivity index (χ1) is 15.7. The van der Waals surface area contributed by atoms with Gasteiger partial charge in [0.2, 0.25) is 0 Å². The van der Waals surface area contributed by atoms with Gasteiger partial charge in [-0.2, -0.15) is 0 Å². The van der Waals surface area contributed by atoms with Gasteiger partial charge in [-0.3, -0.25) is 4.79 Å². The SMILES string of the molecule is COc1ccc2[nH]cc(CCNC(=O)c3cc(-c4ccccc4)nc4ccccc34)c2c1. The van der Waals surface area contributed by atoms with E-state index in [2.05, 4.69) is 10.3 Å². The molecule has 5 aromatic rings. The van der Waals surface area contributed by atoms with Gasteiger partial charge >= 0.3 is 0 Å². The van der Waals surface area contributed by atoms with Gasteiger partial charge in [-0.25, -0.2) is 4.98 Å². The second-order valence-electron chi connectivity index (χ2n) is 7.67. The Hall–Kier alpha value is -4.12. The maximum absolute atomic E-state index is 13.2. The number of H-pyrrole nitrogens is 1. The maximum Gasteiger partial charge on any atom is 0.252 e. The van der Waals surface area contributed by atoms with Gasteiger partial charge in [0, 0.05) is 34.6 Å². The molecular weight excluding hydrogens is 398 g/mol. The van der Waals surface area contributed by atoms with Crippen LogP contribution >= 0.6 is 0 Å². The van der Waals surface area contributed by atoms with Crippen molar-refractivity contribution in [1.29, 1.82) is 0 Å². The van der Waals surface area contributed by atoms with E-state index >= 15 is 0 Å². The lowest BCUT2D eigenvalue weighted by atomic mass is 10.0. The molecule has 0 unspecified atom stereocenters. The Balaban J connectivity index is 1.39. The van der Waals surface area contributed by atoms with Crippen LogP contribution in [0.1, 0.15) is 15.9 Å². The van der Waals surface area contributed by atoms with Gasteiger partial charge < -0.3 is 15.0 Å². The van der Waals surface area contributed by atoms with Crippen LogP contribution in [0.5, 0.6) is 5.75 Å². The normalized spacial score (nSPS) is 11.0. The van der Waals surface area contributed by atoms with E-state index < -0.39 is 0 Å². The summed E-state index contributed by atoms with van der Waals surface area (Å²) in [6, 6.07) is 25.5. The minimum atomic E-state index is -0.0989. The van der Waals surface area contributed by atoms with Crippen molar-refractivity contribution in [1.82, 2.24) is 15.3 Å². The number of amides is 1.